The normalized spacial score (nSPS) is 12.7. The fourth-order valence-corrected chi connectivity index (χ4v) is 8.25. The van der Waals surface area contributed by atoms with Gasteiger partial charge in [0.1, 0.15) is 13.2 Å². The number of hydrogen-bond acceptors (Lipinski definition) is 6. The molecule has 0 radical (unpaired) electrons. The van der Waals surface area contributed by atoms with Gasteiger partial charge in [-0.3, -0.25) is 14.4 Å². The lowest BCUT2D eigenvalue weighted by molar-refractivity contribution is -0.167. The first-order valence-electron chi connectivity index (χ1n) is 29.6. The van der Waals surface area contributed by atoms with Gasteiger partial charge in [0, 0.05) is 19.3 Å². The summed E-state index contributed by atoms with van der Waals surface area (Å²) in [7, 11) is 0. The highest BCUT2D eigenvalue weighted by Gasteiger charge is 2.19. The maximum Gasteiger partial charge on any atom is 0.306 e. The zero-order valence-corrected chi connectivity index (χ0v) is 46.0. The molecule has 0 N–H and O–H groups in total. The van der Waals surface area contributed by atoms with Crippen LogP contribution in [0.4, 0.5) is 0 Å². The van der Waals surface area contributed by atoms with Gasteiger partial charge in [-0.2, -0.15) is 0 Å². The quantitative estimate of drug-likeness (QED) is 0.0261. The molecule has 0 aliphatic rings. The Labute approximate surface area is 433 Å². The molecule has 0 aliphatic carbocycles. The molecule has 6 nitrogen and oxygen atoms in total. The van der Waals surface area contributed by atoms with E-state index in [-0.39, 0.29) is 31.1 Å². The Morgan fingerprint density at radius 2 is 0.557 bits per heavy atom. The number of ether oxygens (including phenoxy) is 3. The van der Waals surface area contributed by atoms with Crippen LogP contribution in [-0.2, 0) is 28.6 Å². The molecule has 402 valence electrons. The highest BCUT2D eigenvalue weighted by Crippen LogP contribution is 2.16. The van der Waals surface area contributed by atoms with Crippen molar-refractivity contribution in [2.75, 3.05) is 13.2 Å². The summed E-state index contributed by atoms with van der Waals surface area (Å²) in [6, 6.07) is 0. The Morgan fingerprint density at radius 3 is 0.871 bits per heavy atom. The van der Waals surface area contributed by atoms with E-state index in [1.807, 2.05) is 0 Å². The highest BCUT2D eigenvalue weighted by atomic mass is 16.6. The summed E-state index contributed by atoms with van der Waals surface area (Å²) in [6.07, 6.45) is 76.0. The van der Waals surface area contributed by atoms with Gasteiger partial charge in [-0.25, -0.2) is 0 Å². The van der Waals surface area contributed by atoms with Crippen LogP contribution in [0.1, 0.15) is 284 Å². The summed E-state index contributed by atoms with van der Waals surface area (Å²) in [5, 5.41) is 0. The minimum absolute atomic E-state index is 0.0745. The first-order chi connectivity index (χ1) is 34.5. The predicted octanol–water partition coefficient (Wildman–Crippen LogP) is 19.9. The summed E-state index contributed by atoms with van der Waals surface area (Å²) in [6.45, 7) is 6.49. The highest BCUT2D eigenvalue weighted by molar-refractivity contribution is 5.71. The van der Waals surface area contributed by atoms with Gasteiger partial charge in [0.25, 0.3) is 0 Å². The molecule has 1 atom stereocenters. The van der Waals surface area contributed by atoms with Crippen LogP contribution >= 0.6 is 0 Å². The molecule has 0 bridgehead atoms. The number of esters is 3. The molecular formula is C64H110O6. The van der Waals surface area contributed by atoms with E-state index in [1.165, 1.54) is 135 Å². The molecule has 0 saturated carbocycles. The predicted molar refractivity (Wildman–Crippen MR) is 302 cm³/mol. The molecule has 0 aromatic carbocycles. The summed E-state index contributed by atoms with van der Waals surface area (Å²) in [5.41, 5.74) is 0. The van der Waals surface area contributed by atoms with Crippen molar-refractivity contribution in [3.63, 3.8) is 0 Å². The number of unbranched alkanes of at least 4 members (excludes halogenated alkanes) is 28. The second-order valence-electron chi connectivity index (χ2n) is 19.5. The van der Waals surface area contributed by atoms with E-state index in [2.05, 4.69) is 106 Å². The van der Waals surface area contributed by atoms with E-state index in [0.717, 1.165) is 109 Å². The Balaban J connectivity index is 4.11. The van der Waals surface area contributed by atoms with Gasteiger partial charge in [0.2, 0.25) is 0 Å². The zero-order chi connectivity index (χ0) is 50.7. The number of hydrogen-bond donors (Lipinski definition) is 0. The van der Waals surface area contributed by atoms with Crippen LogP contribution in [0.3, 0.4) is 0 Å². The van der Waals surface area contributed by atoms with Crippen molar-refractivity contribution < 1.29 is 28.6 Å². The van der Waals surface area contributed by atoms with Crippen LogP contribution in [-0.4, -0.2) is 37.2 Å². The molecular weight excluding hydrogens is 865 g/mol. The second-order valence-corrected chi connectivity index (χ2v) is 19.5. The van der Waals surface area contributed by atoms with E-state index in [0.29, 0.717) is 19.3 Å². The van der Waals surface area contributed by atoms with Gasteiger partial charge in [-0.05, 0) is 77.0 Å². The standard InChI is InChI=1S/C64H110O6/c1-4-7-10-13-16-18-20-22-24-25-26-27-28-29-30-31-32-33-34-35-36-37-38-39-40-42-43-45-48-51-54-57-63(66)69-60-61(59-68-62(65)56-53-50-47-15-12-9-6-3)70-64(67)58-55-52-49-46-44-41-23-21-19-17-14-11-8-5-2/h7,10,16,18,22,24,26-27,29-30,32-33,35-36,61H,4-6,8-9,11-15,17,19-21,23,25,28,31,34,37-60H2,1-3H3/b10-7-,18-16-,24-22-,27-26-,30-29-,33-32-,36-35-. The molecule has 70 heavy (non-hydrogen) atoms. The lowest BCUT2D eigenvalue weighted by Gasteiger charge is -2.18. The minimum atomic E-state index is -0.773. The second kappa shape index (κ2) is 58.2. The molecule has 0 amide bonds. The van der Waals surface area contributed by atoms with E-state index < -0.39 is 6.10 Å². The third-order valence-electron chi connectivity index (χ3n) is 12.7. The number of rotatable bonds is 53. The molecule has 0 heterocycles. The van der Waals surface area contributed by atoms with Gasteiger partial charge < -0.3 is 14.2 Å². The molecule has 1 unspecified atom stereocenters. The van der Waals surface area contributed by atoms with Crippen LogP contribution in [0.25, 0.3) is 0 Å². The molecule has 0 saturated heterocycles. The fourth-order valence-electron chi connectivity index (χ4n) is 8.25. The third kappa shape index (κ3) is 55.5. The molecule has 0 rings (SSSR count). The average Bonchev–Trinajstić information content (AvgIpc) is 3.36. The SMILES string of the molecule is CC/C=C\C/C=C\C/C=C\C/C=C\C/C=C\C/C=C\C/C=C\CCCCCCCCCCCC(=O)OCC(COC(=O)CCCCCCCCC)OC(=O)CCCCCCCCCCCCCCCC. The summed E-state index contributed by atoms with van der Waals surface area (Å²) < 4.78 is 16.8. The third-order valence-corrected chi connectivity index (χ3v) is 12.7. The lowest BCUT2D eigenvalue weighted by Crippen LogP contribution is -2.30. The molecule has 0 aromatic heterocycles. The summed E-state index contributed by atoms with van der Waals surface area (Å²) >= 11 is 0. The fraction of sp³-hybridized carbons (Fsp3) is 0.734. The van der Waals surface area contributed by atoms with Crippen LogP contribution in [0.5, 0.6) is 0 Å². The molecule has 0 fully saturated rings. The van der Waals surface area contributed by atoms with Crippen LogP contribution in [0.15, 0.2) is 85.1 Å². The van der Waals surface area contributed by atoms with Gasteiger partial charge in [0.15, 0.2) is 6.10 Å². The van der Waals surface area contributed by atoms with E-state index >= 15 is 0 Å². The van der Waals surface area contributed by atoms with Crippen molar-refractivity contribution in [1.29, 1.82) is 0 Å². The van der Waals surface area contributed by atoms with Crippen LogP contribution in [0.2, 0.25) is 0 Å². The Kier molecular flexibility index (Phi) is 55.3. The first-order valence-corrected chi connectivity index (χ1v) is 29.6. The van der Waals surface area contributed by atoms with E-state index in [9.17, 15) is 14.4 Å². The minimum Gasteiger partial charge on any atom is -0.462 e. The van der Waals surface area contributed by atoms with Crippen molar-refractivity contribution >= 4 is 17.9 Å². The van der Waals surface area contributed by atoms with Gasteiger partial charge in [-0.1, -0.05) is 273 Å². The maximum atomic E-state index is 12.8. The van der Waals surface area contributed by atoms with Crippen LogP contribution < -0.4 is 0 Å². The number of allylic oxidation sites excluding steroid dienone is 14. The van der Waals surface area contributed by atoms with Gasteiger partial charge in [0.05, 0.1) is 0 Å². The van der Waals surface area contributed by atoms with E-state index in [1.54, 1.807) is 0 Å². The van der Waals surface area contributed by atoms with Crippen LogP contribution in [0, 0.1) is 0 Å². The molecule has 0 aromatic rings. The monoisotopic (exact) mass is 975 g/mol. The smallest absolute Gasteiger partial charge is 0.306 e. The van der Waals surface area contributed by atoms with Crippen molar-refractivity contribution in [2.24, 2.45) is 0 Å². The van der Waals surface area contributed by atoms with Gasteiger partial charge in [-0.15, -0.1) is 0 Å². The van der Waals surface area contributed by atoms with Crippen molar-refractivity contribution in [3.05, 3.63) is 85.1 Å². The maximum absolute atomic E-state index is 12.8. The number of carbonyl (C=O) groups excluding carboxylic acids is 3. The topological polar surface area (TPSA) is 78.9 Å². The zero-order valence-electron chi connectivity index (χ0n) is 46.0. The van der Waals surface area contributed by atoms with Gasteiger partial charge >= 0.3 is 17.9 Å². The lowest BCUT2D eigenvalue weighted by atomic mass is 10.0. The summed E-state index contributed by atoms with van der Waals surface area (Å²) in [4.78, 5) is 37.9. The molecule has 6 heteroatoms. The molecule has 0 spiro atoms. The Hall–Kier alpha value is -3.41. The van der Waals surface area contributed by atoms with Crippen molar-refractivity contribution in [1.82, 2.24) is 0 Å². The number of carbonyl (C=O) groups is 3. The van der Waals surface area contributed by atoms with Crippen molar-refractivity contribution in [2.45, 2.75) is 290 Å². The summed E-state index contributed by atoms with van der Waals surface area (Å²) in [5.74, 6) is -0.880. The van der Waals surface area contributed by atoms with E-state index in [4.69, 9.17) is 14.2 Å². The molecule has 0 aliphatic heterocycles. The Morgan fingerprint density at radius 1 is 0.300 bits per heavy atom. The first kappa shape index (κ1) is 66.6. The largest absolute Gasteiger partial charge is 0.462 e. The average molecular weight is 976 g/mol. The van der Waals surface area contributed by atoms with Crippen molar-refractivity contribution in [3.8, 4) is 0 Å². The Bertz CT molecular complexity index is 1350.